The van der Waals surface area contributed by atoms with E-state index in [4.69, 9.17) is 16.7 Å². The summed E-state index contributed by atoms with van der Waals surface area (Å²) in [6.45, 7) is 3.39. The van der Waals surface area contributed by atoms with Crippen molar-refractivity contribution in [3.8, 4) is 0 Å². The van der Waals surface area contributed by atoms with Crippen molar-refractivity contribution in [3.63, 3.8) is 0 Å². The summed E-state index contributed by atoms with van der Waals surface area (Å²) in [6, 6.07) is 0.963. The van der Waals surface area contributed by atoms with Gasteiger partial charge in [0.2, 0.25) is 5.91 Å². The summed E-state index contributed by atoms with van der Waals surface area (Å²) in [4.78, 5) is 34.8. The van der Waals surface area contributed by atoms with Crippen LogP contribution in [0.15, 0.2) is 23.1 Å². The number of rotatable bonds is 6. The number of nitrogens with one attached hydrogen (secondary N) is 1. The standard InChI is InChI=1S/C13H17ClN2O4/c1-3-9(13(19)20)15-12(18)10(4-2)16-7-8(14)5-6-11(16)17/h5-7,9-10H,3-4H2,1-2H3,(H,15,18)(H,19,20). The fourth-order valence-corrected chi connectivity index (χ4v) is 2.00. The van der Waals surface area contributed by atoms with Crippen LogP contribution in [0, 0.1) is 0 Å². The molecule has 1 heterocycles. The van der Waals surface area contributed by atoms with E-state index in [0.29, 0.717) is 11.4 Å². The Morgan fingerprint density at radius 1 is 1.35 bits per heavy atom. The highest BCUT2D eigenvalue weighted by Crippen LogP contribution is 2.13. The van der Waals surface area contributed by atoms with Crippen molar-refractivity contribution in [1.29, 1.82) is 0 Å². The first-order valence-corrected chi connectivity index (χ1v) is 6.69. The molecule has 2 atom stereocenters. The molecule has 1 aromatic heterocycles. The average molecular weight is 301 g/mol. The van der Waals surface area contributed by atoms with Crippen molar-refractivity contribution in [2.24, 2.45) is 0 Å². The largest absolute Gasteiger partial charge is 0.480 e. The van der Waals surface area contributed by atoms with Gasteiger partial charge >= 0.3 is 5.97 Å². The highest BCUT2D eigenvalue weighted by atomic mass is 35.5. The lowest BCUT2D eigenvalue weighted by Gasteiger charge is -2.20. The molecule has 7 heteroatoms. The monoisotopic (exact) mass is 300 g/mol. The number of aromatic nitrogens is 1. The van der Waals surface area contributed by atoms with Gasteiger partial charge in [-0.2, -0.15) is 0 Å². The fourth-order valence-electron chi connectivity index (χ4n) is 1.83. The van der Waals surface area contributed by atoms with Gasteiger partial charge < -0.3 is 15.0 Å². The SMILES string of the molecule is CCC(NC(=O)C(CC)n1cc(Cl)ccc1=O)C(=O)O. The van der Waals surface area contributed by atoms with Crippen LogP contribution in [0.25, 0.3) is 0 Å². The Morgan fingerprint density at radius 2 is 2.00 bits per heavy atom. The zero-order chi connectivity index (χ0) is 15.3. The smallest absolute Gasteiger partial charge is 0.326 e. The zero-order valence-corrected chi connectivity index (χ0v) is 12.1. The molecule has 2 N–H and O–H groups in total. The van der Waals surface area contributed by atoms with Crippen LogP contribution in [0.1, 0.15) is 32.7 Å². The third-order valence-electron chi connectivity index (χ3n) is 2.95. The Labute approximate surface area is 121 Å². The minimum atomic E-state index is -1.10. The topological polar surface area (TPSA) is 88.4 Å². The summed E-state index contributed by atoms with van der Waals surface area (Å²) < 4.78 is 1.21. The van der Waals surface area contributed by atoms with Gasteiger partial charge in [-0.25, -0.2) is 4.79 Å². The van der Waals surface area contributed by atoms with Crippen molar-refractivity contribution in [2.45, 2.75) is 38.8 Å². The second-order valence-corrected chi connectivity index (χ2v) is 4.76. The highest BCUT2D eigenvalue weighted by molar-refractivity contribution is 6.30. The van der Waals surface area contributed by atoms with Gasteiger partial charge in [-0.1, -0.05) is 25.4 Å². The normalized spacial score (nSPS) is 13.6. The van der Waals surface area contributed by atoms with Crippen LogP contribution in [-0.4, -0.2) is 27.6 Å². The van der Waals surface area contributed by atoms with Crippen LogP contribution in [0.2, 0.25) is 5.02 Å². The first-order chi connectivity index (χ1) is 9.40. The minimum Gasteiger partial charge on any atom is -0.480 e. The van der Waals surface area contributed by atoms with Crippen LogP contribution in [0.3, 0.4) is 0 Å². The quantitative estimate of drug-likeness (QED) is 0.832. The molecule has 6 nitrogen and oxygen atoms in total. The number of carbonyl (C=O) groups is 2. The van der Waals surface area contributed by atoms with Gasteiger partial charge in [-0.05, 0) is 18.9 Å². The third-order valence-corrected chi connectivity index (χ3v) is 3.17. The molecule has 0 saturated carbocycles. The van der Waals surface area contributed by atoms with Gasteiger partial charge in [0.05, 0.1) is 5.02 Å². The van der Waals surface area contributed by atoms with E-state index in [9.17, 15) is 14.4 Å². The molecule has 1 rings (SSSR count). The van der Waals surface area contributed by atoms with E-state index < -0.39 is 24.0 Å². The van der Waals surface area contributed by atoms with Crippen LogP contribution in [0.5, 0.6) is 0 Å². The second-order valence-electron chi connectivity index (χ2n) is 4.32. The molecule has 0 aromatic carbocycles. The number of halogens is 1. The van der Waals surface area contributed by atoms with E-state index in [1.165, 1.54) is 22.9 Å². The van der Waals surface area contributed by atoms with Gasteiger partial charge in [0.25, 0.3) is 5.56 Å². The molecular formula is C13H17ClN2O4. The van der Waals surface area contributed by atoms with Crippen LogP contribution < -0.4 is 10.9 Å². The van der Waals surface area contributed by atoms with Crippen LogP contribution in [-0.2, 0) is 9.59 Å². The molecule has 1 amide bonds. The number of amides is 1. The third kappa shape index (κ3) is 3.84. The van der Waals surface area contributed by atoms with Gasteiger partial charge in [0.1, 0.15) is 12.1 Å². The first-order valence-electron chi connectivity index (χ1n) is 6.31. The van der Waals surface area contributed by atoms with Crippen molar-refractivity contribution < 1.29 is 14.7 Å². The molecule has 20 heavy (non-hydrogen) atoms. The molecule has 0 saturated heterocycles. The maximum atomic E-state index is 12.1. The fraction of sp³-hybridized carbons (Fsp3) is 0.462. The number of aliphatic carboxylic acids is 1. The number of pyridine rings is 1. The molecule has 0 radical (unpaired) electrons. The summed E-state index contributed by atoms with van der Waals surface area (Å²) in [5.41, 5.74) is -0.361. The van der Waals surface area contributed by atoms with Crippen molar-refractivity contribution >= 4 is 23.5 Å². The summed E-state index contributed by atoms with van der Waals surface area (Å²) in [6.07, 6.45) is 1.99. The van der Waals surface area contributed by atoms with E-state index >= 15 is 0 Å². The number of carboxylic acids is 1. The van der Waals surface area contributed by atoms with Crippen molar-refractivity contribution in [1.82, 2.24) is 9.88 Å². The lowest BCUT2D eigenvalue weighted by molar-refractivity contribution is -0.142. The van der Waals surface area contributed by atoms with Gasteiger partial charge in [-0.3, -0.25) is 9.59 Å². The van der Waals surface area contributed by atoms with Gasteiger partial charge in [0.15, 0.2) is 0 Å². The predicted molar refractivity (Wildman–Crippen MR) is 74.9 cm³/mol. The van der Waals surface area contributed by atoms with Crippen LogP contribution in [0.4, 0.5) is 0 Å². The molecule has 0 spiro atoms. The Balaban J connectivity index is 3.01. The van der Waals surface area contributed by atoms with Crippen molar-refractivity contribution in [2.75, 3.05) is 0 Å². The Bertz CT molecular complexity index is 556. The van der Waals surface area contributed by atoms with Crippen LogP contribution >= 0.6 is 11.6 Å². The molecule has 0 aliphatic carbocycles. The Kier molecular flexibility index (Phi) is 5.76. The number of carbonyl (C=O) groups excluding carboxylic acids is 1. The maximum absolute atomic E-state index is 12.1. The van der Waals surface area contributed by atoms with E-state index in [-0.39, 0.29) is 12.0 Å². The number of carboxylic acid groups (broad SMARTS) is 1. The number of hydrogen-bond donors (Lipinski definition) is 2. The summed E-state index contributed by atoms with van der Waals surface area (Å²) in [5, 5.41) is 11.7. The second kappa shape index (κ2) is 7.09. The molecule has 1 aromatic rings. The maximum Gasteiger partial charge on any atom is 0.326 e. The molecule has 0 bridgehead atoms. The molecule has 0 aliphatic heterocycles. The van der Waals surface area contributed by atoms with E-state index in [1.54, 1.807) is 13.8 Å². The molecule has 110 valence electrons. The number of nitrogens with zero attached hydrogens (tertiary/aromatic N) is 1. The van der Waals surface area contributed by atoms with E-state index in [0.717, 1.165) is 0 Å². The predicted octanol–water partition coefficient (Wildman–Crippen LogP) is 1.43. The highest BCUT2D eigenvalue weighted by Gasteiger charge is 2.24. The van der Waals surface area contributed by atoms with Gasteiger partial charge in [-0.15, -0.1) is 0 Å². The van der Waals surface area contributed by atoms with Crippen molar-refractivity contribution in [3.05, 3.63) is 33.7 Å². The van der Waals surface area contributed by atoms with E-state index in [2.05, 4.69) is 5.32 Å². The molecular weight excluding hydrogens is 284 g/mol. The molecule has 0 aliphatic rings. The van der Waals surface area contributed by atoms with E-state index in [1.807, 2.05) is 0 Å². The van der Waals surface area contributed by atoms with Gasteiger partial charge in [0, 0.05) is 12.3 Å². The lowest BCUT2D eigenvalue weighted by Crippen LogP contribution is -2.45. The first kappa shape index (κ1) is 16.2. The molecule has 0 fully saturated rings. The summed E-state index contributed by atoms with van der Waals surface area (Å²) in [7, 11) is 0. The minimum absolute atomic E-state index is 0.266. The molecule has 2 unspecified atom stereocenters. The number of hydrogen-bond acceptors (Lipinski definition) is 3. The Morgan fingerprint density at radius 3 is 2.50 bits per heavy atom. The summed E-state index contributed by atoms with van der Waals surface area (Å²) in [5.74, 6) is -1.61. The Hall–Kier alpha value is -1.82. The zero-order valence-electron chi connectivity index (χ0n) is 11.3. The average Bonchev–Trinajstić information content (AvgIpc) is 2.40. The lowest BCUT2D eigenvalue weighted by atomic mass is 10.1. The summed E-state index contributed by atoms with van der Waals surface area (Å²) >= 11 is 5.82.